The fraction of sp³-hybridized carbons (Fsp3) is 0.133. The molecule has 0 saturated carbocycles. The Morgan fingerprint density at radius 2 is 1.71 bits per heavy atom. The first-order valence-corrected chi connectivity index (χ1v) is 5.69. The number of aromatic nitrogens is 1. The standard InChI is InChI=1S/C13H11NO.C2H6/c1-2-11-8-9-12(15)13(14-11)10-6-4-3-5-7-10;1-2/h2-9,15H,1H2;1-2H3. The topological polar surface area (TPSA) is 33.1 Å². The average Bonchev–Trinajstić information content (AvgIpc) is 2.42. The highest BCUT2D eigenvalue weighted by Crippen LogP contribution is 2.26. The Morgan fingerprint density at radius 1 is 1.06 bits per heavy atom. The zero-order valence-corrected chi connectivity index (χ0v) is 10.2. The Labute approximate surface area is 102 Å². The van der Waals surface area contributed by atoms with Crippen molar-refractivity contribution in [2.24, 2.45) is 0 Å². The van der Waals surface area contributed by atoms with E-state index in [0.717, 1.165) is 11.3 Å². The van der Waals surface area contributed by atoms with Crippen LogP contribution in [-0.4, -0.2) is 10.1 Å². The van der Waals surface area contributed by atoms with Crippen molar-refractivity contribution in [3.63, 3.8) is 0 Å². The molecule has 0 atom stereocenters. The molecule has 0 aliphatic rings. The van der Waals surface area contributed by atoms with E-state index in [9.17, 15) is 5.11 Å². The fourth-order valence-electron chi connectivity index (χ4n) is 1.39. The molecule has 2 heteroatoms. The molecule has 88 valence electrons. The second-order valence-corrected chi connectivity index (χ2v) is 3.17. The number of rotatable bonds is 2. The van der Waals surface area contributed by atoms with E-state index in [1.165, 1.54) is 0 Å². The van der Waals surface area contributed by atoms with Crippen LogP contribution in [0.2, 0.25) is 0 Å². The average molecular weight is 227 g/mol. The lowest BCUT2D eigenvalue weighted by Gasteiger charge is -2.04. The second kappa shape index (κ2) is 6.48. The molecule has 0 saturated heterocycles. The summed E-state index contributed by atoms with van der Waals surface area (Å²) in [6.07, 6.45) is 1.66. The normalized spacial score (nSPS) is 9.06. The van der Waals surface area contributed by atoms with Gasteiger partial charge in [0.05, 0.1) is 5.69 Å². The van der Waals surface area contributed by atoms with Gasteiger partial charge in [0.2, 0.25) is 0 Å². The summed E-state index contributed by atoms with van der Waals surface area (Å²) < 4.78 is 0. The molecule has 0 radical (unpaired) electrons. The molecule has 0 aliphatic carbocycles. The molecule has 2 nitrogen and oxygen atoms in total. The van der Waals surface area contributed by atoms with Crippen molar-refractivity contribution in [1.82, 2.24) is 4.98 Å². The molecule has 1 N–H and O–H groups in total. The molecule has 1 aromatic carbocycles. The predicted octanol–water partition coefficient (Wildman–Crippen LogP) is 4.12. The molecule has 0 unspecified atom stereocenters. The molecule has 0 aliphatic heterocycles. The second-order valence-electron chi connectivity index (χ2n) is 3.17. The number of nitrogens with zero attached hydrogens (tertiary/aromatic N) is 1. The SMILES string of the molecule is C=Cc1ccc(O)c(-c2ccccc2)n1.CC. The molecule has 2 aromatic rings. The van der Waals surface area contributed by atoms with Crippen LogP contribution in [0.15, 0.2) is 49.0 Å². The molecule has 1 aromatic heterocycles. The number of benzene rings is 1. The zero-order chi connectivity index (χ0) is 12.7. The van der Waals surface area contributed by atoms with Crippen molar-refractivity contribution >= 4 is 6.08 Å². The third-order valence-electron chi connectivity index (χ3n) is 2.15. The van der Waals surface area contributed by atoms with Crippen molar-refractivity contribution in [3.8, 4) is 17.0 Å². The quantitative estimate of drug-likeness (QED) is 0.837. The van der Waals surface area contributed by atoms with Crippen molar-refractivity contribution in [1.29, 1.82) is 0 Å². The van der Waals surface area contributed by atoms with E-state index in [2.05, 4.69) is 11.6 Å². The highest BCUT2D eigenvalue weighted by atomic mass is 16.3. The van der Waals surface area contributed by atoms with E-state index in [0.29, 0.717) is 5.69 Å². The van der Waals surface area contributed by atoms with Gasteiger partial charge in [0.1, 0.15) is 11.4 Å². The number of hydrogen-bond acceptors (Lipinski definition) is 2. The van der Waals surface area contributed by atoms with Crippen LogP contribution in [0.25, 0.3) is 17.3 Å². The summed E-state index contributed by atoms with van der Waals surface area (Å²) >= 11 is 0. The Balaban J connectivity index is 0.000000686. The van der Waals surface area contributed by atoms with Gasteiger partial charge in [-0.1, -0.05) is 50.8 Å². The van der Waals surface area contributed by atoms with Gasteiger partial charge in [-0.15, -0.1) is 0 Å². The van der Waals surface area contributed by atoms with Gasteiger partial charge < -0.3 is 5.11 Å². The van der Waals surface area contributed by atoms with E-state index >= 15 is 0 Å². The summed E-state index contributed by atoms with van der Waals surface area (Å²) in [4.78, 5) is 4.29. The molecule has 2 rings (SSSR count). The van der Waals surface area contributed by atoms with Crippen LogP contribution in [0.1, 0.15) is 19.5 Å². The maximum Gasteiger partial charge on any atom is 0.141 e. The molecule has 0 fully saturated rings. The van der Waals surface area contributed by atoms with Gasteiger partial charge in [-0.05, 0) is 18.2 Å². The number of pyridine rings is 1. The largest absolute Gasteiger partial charge is 0.506 e. The van der Waals surface area contributed by atoms with Crippen LogP contribution >= 0.6 is 0 Å². The lowest BCUT2D eigenvalue weighted by Crippen LogP contribution is -1.87. The van der Waals surface area contributed by atoms with Crippen molar-refractivity contribution in [2.45, 2.75) is 13.8 Å². The van der Waals surface area contributed by atoms with Crippen molar-refractivity contribution in [2.75, 3.05) is 0 Å². The summed E-state index contributed by atoms with van der Waals surface area (Å²) in [5.41, 5.74) is 2.25. The highest BCUT2D eigenvalue weighted by Gasteiger charge is 2.05. The lowest BCUT2D eigenvalue weighted by molar-refractivity contribution is 0.475. The van der Waals surface area contributed by atoms with Crippen LogP contribution in [0, 0.1) is 0 Å². The van der Waals surface area contributed by atoms with E-state index in [1.54, 1.807) is 18.2 Å². The summed E-state index contributed by atoms with van der Waals surface area (Å²) in [6, 6.07) is 12.9. The summed E-state index contributed by atoms with van der Waals surface area (Å²) in [7, 11) is 0. The van der Waals surface area contributed by atoms with Gasteiger partial charge in [-0.25, -0.2) is 4.98 Å². The first-order valence-electron chi connectivity index (χ1n) is 5.69. The van der Waals surface area contributed by atoms with Gasteiger partial charge in [-0.2, -0.15) is 0 Å². The molecule has 0 spiro atoms. The maximum atomic E-state index is 9.69. The first-order chi connectivity index (χ1) is 8.31. The molecule has 1 heterocycles. The fourth-order valence-corrected chi connectivity index (χ4v) is 1.39. The van der Waals surface area contributed by atoms with Crippen LogP contribution in [0.4, 0.5) is 0 Å². The lowest BCUT2D eigenvalue weighted by atomic mass is 10.1. The molecule has 0 amide bonds. The van der Waals surface area contributed by atoms with Gasteiger partial charge in [0.15, 0.2) is 0 Å². The summed E-state index contributed by atoms with van der Waals surface area (Å²) in [5, 5.41) is 9.69. The minimum atomic E-state index is 0.187. The van der Waals surface area contributed by atoms with Gasteiger partial charge in [0.25, 0.3) is 0 Å². The van der Waals surface area contributed by atoms with Crippen LogP contribution in [0.3, 0.4) is 0 Å². The van der Waals surface area contributed by atoms with E-state index in [1.807, 2.05) is 44.2 Å². The molecular weight excluding hydrogens is 210 g/mol. The minimum absolute atomic E-state index is 0.187. The third kappa shape index (κ3) is 3.18. The first kappa shape index (κ1) is 13.0. The van der Waals surface area contributed by atoms with Crippen LogP contribution in [-0.2, 0) is 0 Å². The zero-order valence-electron chi connectivity index (χ0n) is 10.2. The smallest absolute Gasteiger partial charge is 0.141 e. The van der Waals surface area contributed by atoms with Gasteiger partial charge >= 0.3 is 0 Å². The van der Waals surface area contributed by atoms with E-state index < -0.39 is 0 Å². The molecule has 17 heavy (non-hydrogen) atoms. The predicted molar refractivity (Wildman–Crippen MR) is 72.8 cm³/mol. The van der Waals surface area contributed by atoms with Crippen molar-refractivity contribution in [3.05, 3.63) is 54.7 Å². The van der Waals surface area contributed by atoms with Gasteiger partial charge in [-0.3, -0.25) is 0 Å². The molecular formula is C15H17NO. The van der Waals surface area contributed by atoms with Gasteiger partial charge in [0, 0.05) is 5.56 Å². The Morgan fingerprint density at radius 3 is 2.29 bits per heavy atom. The van der Waals surface area contributed by atoms with Crippen LogP contribution < -0.4 is 0 Å². The summed E-state index contributed by atoms with van der Waals surface area (Å²) in [6.45, 7) is 7.65. The molecule has 0 bridgehead atoms. The maximum absolute atomic E-state index is 9.69. The van der Waals surface area contributed by atoms with Crippen molar-refractivity contribution < 1.29 is 5.11 Å². The number of aromatic hydroxyl groups is 1. The minimum Gasteiger partial charge on any atom is -0.506 e. The van der Waals surface area contributed by atoms with E-state index in [-0.39, 0.29) is 5.75 Å². The Bertz CT molecular complexity index is 478. The highest BCUT2D eigenvalue weighted by molar-refractivity contribution is 5.67. The Kier molecular flexibility index (Phi) is 4.95. The number of hydrogen-bond donors (Lipinski definition) is 1. The van der Waals surface area contributed by atoms with Crippen LogP contribution in [0.5, 0.6) is 5.75 Å². The summed E-state index contributed by atoms with van der Waals surface area (Å²) in [5.74, 6) is 0.187. The third-order valence-corrected chi connectivity index (χ3v) is 2.15. The van der Waals surface area contributed by atoms with E-state index in [4.69, 9.17) is 0 Å². The monoisotopic (exact) mass is 227 g/mol. The Hall–Kier alpha value is -2.09.